The van der Waals surface area contributed by atoms with Gasteiger partial charge in [-0.25, -0.2) is 0 Å². The van der Waals surface area contributed by atoms with Crippen LogP contribution < -0.4 is 0 Å². The summed E-state index contributed by atoms with van der Waals surface area (Å²) in [5.74, 6) is -0.846. The van der Waals surface area contributed by atoms with E-state index in [0.717, 1.165) is 12.8 Å². The summed E-state index contributed by atoms with van der Waals surface area (Å²) in [6.45, 7) is 5.76. The van der Waals surface area contributed by atoms with Gasteiger partial charge in [-0.15, -0.1) is 0 Å². The van der Waals surface area contributed by atoms with E-state index in [9.17, 15) is 20.1 Å². The Morgan fingerprint density at radius 1 is 1.30 bits per heavy atom. The van der Waals surface area contributed by atoms with Crippen molar-refractivity contribution in [2.45, 2.75) is 70.2 Å². The summed E-state index contributed by atoms with van der Waals surface area (Å²) in [6, 6.07) is 0. The van der Waals surface area contributed by atoms with E-state index in [0.29, 0.717) is 13.0 Å². The number of carbonyl (C=O) groups excluding carboxylic acids is 1. The third-order valence-corrected chi connectivity index (χ3v) is 5.34. The molecule has 2 rings (SSSR count). The van der Waals surface area contributed by atoms with Crippen molar-refractivity contribution in [3.8, 4) is 0 Å². The van der Waals surface area contributed by atoms with Crippen molar-refractivity contribution in [2.24, 2.45) is 11.3 Å². The normalized spacial score (nSPS) is 43.1. The SMILES string of the molecule is CCOC(=O)C[C@H]1C[C@@]2(O)CCCC(C)(C)[C@@]2(O)[C@@H]1O. The van der Waals surface area contributed by atoms with Crippen LogP contribution in [-0.4, -0.2) is 45.2 Å². The summed E-state index contributed by atoms with van der Waals surface area (Å²) >= 11 is 0. The Bertz CT molecular complexity index is 394. The van der Waals surface area contributed by atoms with Crippen LogP contribution >= 0.6 is 0 Å². The average Bonchev–Trinajstić information content (AvgIpc) is 2.52. The number of hydrogen-bond donors (Lipinski definition) is 3. The highest BCUT2D eigenvalue weighted by atomic mass is 16.5. The Morgan fingerprint density at radius 3 is 2.50 bits per heavy atom. The Hall–Kier alpha value is -0.650. The van der Waals surface area contributed by atoms with Crippen LogP contribution in [0.4, 0.5) is 0 Å². The Balaban J connectivity index is 2.25. The molecule has 2 fully saturated rings. The van der Waals surface area contributed by atoms with Gasteiger partial charge in [0.05, 0.1) is 24.7 Å². The van der Waals surface area contributed by atoms with Crippen LogP contribution in [0.1, 0.15) is 52.9 Å². The first-order valence-corrected chi connectivity index (χ1v) is 7.46. The smallest absolute Gasteiger partial charge is 0.306 e. The highest BCUT2D eigenvalue weighted by Crippen LogP contribution is 2.59. The Kier molecular flexibility index (Phi) is 3.91. The highest BCUT2D eigenvalue weighted by Gasteiger charge is 2.69. The third kappa shape index (κ3) is 2.07. The van der Waals surface area contributed by atoms with Crippen molar-refractivity contribution in [3.05, 3.63) is 0 Å². The third-order valence-electron chi connectivity index (χ3n) is 5.34. The first-order chi connectivity index (χ1) is 9.18. The number of hydrogen-bond acceptors (Lipinski definition) is 5. The molecule has 0 unspecified atom stereocenters. The zero-order valence-corrected chi connectivity index (χ0v) is 12.6. The fourth-order valence-corrected chi connectivity index (χ4v) is 4.27. The van der Waals surface area contributed by atoms with Gasteiger partial charge in [-0.3, -0.25) is 4.79 Å². The fourth-order valence-electron chi connectivity index (χ4n) is 4.27. The molecule has 0 aromatic rings. The van der Waals surface area contributed by atoms with Gasteiger partial charge < -0.3 is 20.1 Å². The van der Waals surface area contributed by atoms with Crippen molar-refractivity contribution in [1.29, 1.82) is 0 Å². The van der Waals surface area contributed by atoms with E-state index in [1.807, 2.05) is 13.8 Å². The standard InChI is InChI=1S/C15H26O5/c1-4-20-11(16)8-10-9-14(18)7-5-6-13(2,3)15(14,19)12(10)17/h10,12,17-19H,4-9H2,1-3H3/t10-,12+,14-,15-/m0/s1. The molecule has 4 atom stereocenters. The van der Waals surface area contributed by atoms with E-state index >= 15 is 0 Å². The van der Waals surface area contributed by atoms with Gasteiger partial charge in [0, 0.05) is 5.92 Å². The fraction of sp³-hybridized carbons (Fsp3) is 0.933. The summed E-state index contributed by atoms with van der Waals surface area (Å²) in [6.07, 6.45) is 1.19. The molecule has 0 heterocycles. The molecule has 116 valence electrons. The van der Waals surface area contributed by atoms with E-state index in [1.165, 1.54) is 0 Å². The first-order valence-electron chi connectivity index (χ1n) is 7.46. The van der Waals surface area contributed by atoms with Gasteiger partial charge in [-0.1, -0.05) is 13.8 Å². The second-order valence-electron chi connectivity index (χ2n) is 6.95. The van der Waals surface area contributed by atoms with Gasteiger partial charge in [0.1, 0.15) is 5.60 Å². The number of aliphatic hydroxyl groups excluding tert-OH is 1. The summed E-state index contributed by atoms with van der Waals surface area (Å²) in [5.41, 5.74) is -3.45. The van der Waals surface area contributed by atoms with Gasteiger partial charge in [-0.05, 0) is 38.0 Å². The Morgan fingerprint density at radius 2 is 1.95 bits per heavy atom. The minimum Gasteiger partial charge on any atom is -0.466 e. The van der Waals surface area contributed by atoms with E-state index in [-0.39, 0.29) is 18.8 Å². The number of esters is 1. The number of fused-ring (bicyclic) bond motifs is 1. The molecule has 0 bridgehead atoms. The molecule has 0 saturated heterocycles. The van der Waals surface area contributed by atoms with Gasteiger partial charge in [-0.2, -0.15) is 0 Å². The molecule has 0 spiro atoms. The number of ether oxygens (including phenoxy) is 1. The second-order valence-corrected chi connectivity index (χ2v) is 6.95. The molecule has 0 amide bonds. The zero-order valence-electron chi connectivity index (χ0n) is 12.6. The largest absolute Gasteiger partial charge is 0.466 e. The van der Waals surface area contributed by atoms with Crippen molar-refractivity contribution < 1.29 is 24.9 Å². The topological polar surface area (TPSA) is 87.0 Å². The summed E-state index contributed by atoms with van der Waals surface area (Å²) < 4.78 is 4.91. The predicted molar refractivity (Wildman–Crippen MR) is 72.9 cm³/mol. The molecule has 20 heavy (non-hydrogen) atoms. The van der Waals surface area contributed by atoms with Crippen LogP contribution in [0.3, 0.4) is 0 Å². The van der Waals surface area contributed by atoms with Crippen LogP contribution in [0.25, 0.3) is 0 Å². The molecule has 0 radical (unpaired) electrons. The number of aliphatic hydroxyl groups is 3. The maximum Gasteiger partial charge on any atom is 0.306 e. The molecular formula is C15H26O5. The van der Waals surface area contributed by atoms with Crippen molar-refractivity contribution >= 4 is 5.97 Å². The van der Waals surface area contributed by atoms with Gasteiger partial charge in [0.2, 0.25) is 0 Å². The monoisotopic (exact) mass is 286 g/mol. The molecule has 5 heteroatoms. The van der Waals surface area contributed by atoms with Gasteiger partial charge in [0.15, 0.2) is 0 Å². The molecule has 2 aliphatic rings. The number of rotatable bonds is 3. The lowest BCUT2D eigenvalue weighted by molar-refractivity contribution is -0.246. The predicted octanol–water partition coefficient (Wildman–Crippen LogP) is 0.993. The lowest BCUT2D eigenvalue weighted by Crippen LogP contribution is -2.66. The van der Waals surface area contributed by atoms with Crippen molar-refractivity contribution in [3.63, 3.8) is 0 Å². The summed E-state index contributed by atoms with van der Waals surface area (Å²) in [5, 5.41) is 32.4. The minimum atomic E-state index is -1.56. The van der Waals surface area contributed by atoms with Crippen molar-refractivity contribution in [1.82, 2.24) is 0 Å². The minimum absolute atomic E-state index is 0.0374. The molecular weight excluding hydrogens is 260 g/mol. The van der Waals surface area contributed by atoms with E-state index in [4.69, 9.17) is 4.74 Å². The van der Waals surface area contributed by atoms with E-state index in [2.05, 4.69) is 0 Å². The lowest BCUT2D eigenvalue weighted by Gasteiger charge is -2.54. The molecule has 0 aliphatic heterocycles. The van der Waals surface area contributed by atoms with Crippen LogP contribution in [-0.2, 0) is 9.53 Å². The Labute approximate surface area is 119 Å². The maximum absolute atomic E-state index is 11.6. The van der Waals surface area contributed by atoms with Crippen LogP contribution in [0.15, 0.2) is 0 Å². The van der Waals surface area contributed by atoms with Crippen LogP contribution in [0.2, 0.25) is 0 Å². The maximum atomic E-state index is 11.6. The quantitative estimate of drug-likeness (QED) is 0.674. The molecule has 0 aromatic carbocycles. The molecule has 2 aliphatic carbocycles. The molecule has 3 N–H and O–H groups in total. The highest BCUT2D eigenvalue weighted by molar-refractivity contribution is 5.70. The van der Waals surface area contributed by atoms with Crippen molar-refractivity contribution in [2.75, 3.05) is 6.61 Å². The first kappa shape index (κ1) is 15.7. The van der Waals surface area contributed by atoms with Crippen LogP contribution in [0, 0.1) is 11.3 Å². The number of carbonyl (C=O) groups is 1. The average molecular weight is 286 g/mol. The molecule has 0 aromatic heterocycles. The van der Waals surface area contributed by atoms with E-state index in [1.54, 1.807) is 6.92 Å². The lowest BCUT2D eigenvalue weighted by atomic mass is 9.58. The zero-order chi connectivity index (χ0) is 15.2. The van der Waals surface area contributed by atoms with Crippen LogP contribution in [0.5, 0.6) is 0 Å². The van der Waals surface area contributed by atoms with Gasteiger partial charge >= 0.3 is 5.97 Å². The summed E-state index contributed by atoms with van der Waals surface area (Å²) in [4.78, 5) is 11.6. The second kappa shape index (κ2) is 4.97. The summed E-state index contributed by atoms with van der Waals surface area (Å²) in [7, 11) is 0. The van der Waals surface area contributed by atoms with Gasteiger partial charge in [0.25, 0.3) is 0 Å². The molecule has 5 nitrogen and oxygen atoms in total. The van der Waals surface area contributed by atoms with E-state index < -0.39 is 28.6 Å². The molecule has 2 saturated carbocycles.